The number of aliphatic carboxylic acids is 2. The van der Waals surface area contributed by atoms with Gasteiger partial charge in [-0.1, -0.05) is 6.07 Å². The minimum absolute atomic E-state index is 0.181. The average Bonchev–Trinajstić information content (AvgIpc) is 2.48. The normalized spacial score (nSPS) is 13.8. The molecule has 0 aliphatic heterocycles. The van der Waals surface area contributed by atoms with Crippen molar-refractivity contribution in [2.45, 2.75) is 19.0 Å². The summed E-state index contributed by atoms with van der Waals surface area (Å²) in [4.78, 5) is 44.9. The van der Waals surface area contributed by atoms with E-state index in [-0.39, 0.29) is 12.1 Å². The molecule has 1 unspecified atom stereocenters. The lowest BCUT2D eigenvalue weighted by Gasteiger charge is -2.13. The Kier molecular flexibility index (Phi) is 7.04. The number of rotatable bonds is 8. The lowest BCUT2D eigenvalue weighted by atomic mass is 10.1. The van der Waals surface area contributed by atoms with E-state index in [1.807, 2.05) is 0 Å². The molecule has 0 aliphatic rings. The first-order valence-electron chi connectivity index (χ1n) is 6.91. The fourth-order valence-electron chi connectivity index (χ4n) is 1.88. The maximum absolute atomic E-state index is 12.6. The first-order chi connectivity index (χ1) is 11.4. The second kappa shape index (κ2) is 8.37. The van der Waals surface area contributed by atoms with Gasteiger partial charge in [0.25, 0.3) is 0 Å². The Morgan fingerprint density at radius 1 is 1.24 bits per heavy atom. The zero-order valence-corrected chi connectivity index (χ0v) is 13.6. The van der Waals surface area contributed by atoms with Gasteiger partial charge in [0.15, 0.2) is 0 Å². The maximum atomic E-state index is 12.6. The van der Waals surface area contributed by atoms with Gasteiger partial charge in [0.2, 0.25) is 5.96 Å². The molecule has 1 aromatic carbocycles. The molecule has 4 N–H and O–H groups in total. The zero-order valence-electron chi connectivity index (χ0n) is 12.7. The molecule has 0 bridgehead atoms. The molecule has 0 amide bonds. The van der Waals surface area contributed by atoms with Gasteiger partial charge in [0.1, 0.15) is 6.16 Å². The van der Waals surface area contributed by atoms with E-state index in [2.05, 4.69) is 4.99 Å². The van der Waals surface area contributed by atoms with E-state index < -0.39 is 49.9 Å². The molecule has 0 aromatic heterocycles. The van der Waals surface area contributed by atoms with Crippen LogP contribution in [0.25, 0.3) is 0 Å². The summed E-state index contributed by atoms with van der Waals surface area (Å²) in [6.45, 7) is 0. The minimum Gasteiger partial charge on any atom is -0.481 e. The van der Waals surface area contributed by atoms with Gasteiger partial charge in [-0.3, -0.25) is 9.59 Å². The fraction of sp³-hybridized carbons (Fsp3) is 0.357. The predicted molar refractivity (Wildman–Crippen MR) is 83.8 cm³/mol. The van der Waals surface area contributed by atoms with Crippen LogP contribution in [0, 0.1) is 5.92 Å². The highest BCUT2D eigenvalue weighted by molar-refractivity contribution is 7.79. The summed E-state index contributed by atoms with van der Waals surface area (Å²) in [5.74, 6) is -3.34. The van der Waals surface area contributed by atoms with Gasteiger partial charge in [-0.15, -0.1) is 0 Å². The van der Waals surface area contributed by atoms with Crippen molar-refractivity contribution in [1.82, 2.24) is 0 Å². The van der Waals surface area contributed by atoms with E-state index in [0.717, 1.165) is 12.1 Å². The van der Waals surface area contributed by atoms with Crippen LogP contribution in [0.3, 0.4) is 0 Å². The van der Waals surface area contributed by atoms with Gasteiger partial charge >= 0.3 is 25.8 Å². The molecular formula is C14H16F3NO6P+. The first kappa shape index (κ1) is 21.0. The predicted octanol–water partition coefficient (Wildman–Crippen LogP) is 2.76. The summed E-state index contributed by atoms with van der Waals surface area (Å²) in [5, 5.41) is 17.6. The lowest BCUT2D eigenvalue weighted by Crippen LogP contribution is -2.21. The number of alkyl halides is 3. The Bertz CT molecular complexity index is 662. The van der Waals surface area contributed by atoms with E-state index in [1.165, 1.54) is 6.07 Å². The quantitative estimate of drug-likeness (QED) is 0.404. The Morgan fingerprint density at radius 2 is 1.88 bits per heavy atom. The average molecular weight is 382 g/mol. The van der Waals surface area contributed by atoms with E-state index >= 15 is 0 Å². The second-order valence-corrected chi connectivity index (χ2v) is 7.40. The number of nitrogens with zero attached hydrogens (tertiary/aromatic N) is 1. The highest BCUT2D eigenvalue weighted by Crippen LogP contribution is 2.49. The molecule has 1 atom stereocenters. The number of hydrogen-bond acceptors (Lipinski definition) is 5. The highest BCUT2D eigenvalue weighted by atomic mass is 31.2. The molecule has 0 fully saturated rings. The molecule has 138 valence electrons. The minimum atomic E-state index is -4.58. The largest absolute Gasteiger partial charge is 0.481 e. The number of carbonyl (C=O) groups is 2. The van der Waals surface area contributed by atoms with Crippen molar-refractivity contribution in [3.05, 3.63) is 29.8 Å². The van der Waals surface area contributed by atoms with Crippen molar-refractivity contribution >= 4 is 31.3 Å². The van der Waals surface area contributed by atoms with E-state index in [9.17, 15) is 32.5 Å². The third kappa shape index (κ3) is 7.59. The summed E-state index contributed by atoms with van der Waals surface area (Å²) in [5.41, 5.74) is -1.15. The maximum Gasteiger partial charge on any atom is 0.416 e. The Morgan fingerprint density at radius 3 is 2.40 bits per heavy atom. The third-order valence-electron chi connectivity index (χ3n) is 3.11. The second-order valence-electron chi connectivity index (χ2n) is 5.23. The Hall–Kier alpha value is -2.03. The van der Waals surface area contributed by atoms with Gasteiger partial charge < -0.3 is 10.2 Å². The van der Waals surface area contributed by atoms with Crippen LogP contribution in [0.5, 0.6) is 0 Å². The van der Waals surface area contributed by atoms with Crippen LogP contribution in [0.2, 0.25) is 0 Å². The van der Waals surface area contributed by atoms with Gasteiger partial charge in [0.05, 0.1) is 17.2 Å². The van der Waals surface area contributed by atoms with Crippen molar-refractivity contribution in [3.8, 4) is 0 Å². The van der Waals surface area contributed by atoms with Gasteiger partial charge in [-0.05, 0) is 24.6 Å². The van der Waals surface area contributed by atoms with Crippen LogP contribution in [-0.4, -0.2) is 44.1 Å². The number of aliphatic imine (C=N–C) groups is 1. The van der Waals surface area contributed by atoms with Crippen molar-refractivity contribution < 1.29 is 42.8 Å². The first-order valence-corrected chi connectivity index (χ1v) is 8.86. The molecule has 11 heteroatoms. The Labute approximate surface area is 141 Å². The van der Waals surface area contributed by atoms with Gasteiger partial charge in [0, 0.05) is 6.42 Å². The van der Waals surface area contributed by atoms with Crippen molar-refractivity contribution in [1.29, 1.82) is 0 Å². The molecule has 0 spiro atoms. The molecule has 0 radical (unpaired) electrons. The Balaban J connectivity index is 2.86. The SMILES string of the molecule is O=C(O)CCC(C[P+](O)(O)C=Nc1cccc(C(F)(F)F)c1)C(=O)O. The number of hydrogen-bond donors (Lipinski definition) is 4. The standard InChI is InChI=1S/C14H15F3NO6P/c15-14(16,17)10-2-1-3-11(6-10)18-8-25(23,24)7-9(13(21)22)4-5-12(19)20/h1-3,6,8-9,23-24H,4-5,7H2,(H-,19,20,21,22)/p+1. The molecule has 7 nitrogen and oxygen atoms in total. The van der Waals surface area contributed by atoms with Crippen molar-refractivity contribution in [3.63, 3.8) is 0 Å². The smallest absolute Gasteiger partial charge is 0.416 e. The molecule has 0 saturated heterocycles. The highest BCUT2D eigenvalue weighted by Gasteiger charge is 2.38. The number of carboxylic acid groups (broad SMARTS) is 2. The van der Waals surface area contributed by atoms with Gasteiger partial charge in [-0.2, -0.15) is 13.2 Å². The molecule has 0 saturated carbocycles. The van der Waals surface area contributed by atoms with Crippen LogP contribution in [0.15, 0.2) is 29.3 Å². The molecule has 1 rings (SSSR count). The molecular weight excluding hydrogens is 366 g/mol. The summed E-state index contributed by atoms with van der Waals surface area (Å²) in [7, 11) is -3.98. The molecule has 0 aliphatic carbocycles. The van der Waals surface area contributed by atoms with Crippen LogP contribution in [0.4, 0.5) is 18.9 Å². The summed E-state index contributed by atoms with van der Waals surface area (Å²) in [6, 6.07) is 3.84. The number of halogens is 3. The molecule has 0 heterocycles. The third-order valence-corrected chi connectivity index (χ3v) is 4.57. The summed E-state index contributed by atoms with van der Waals surface area (Å²) < 4.78 is 37.8. The number of benzene rings is 1. The molecule has 25 heavy (non-hydrogen) atoms. The lowest BCUT2D eigenvalue weighted by molar-refractivity contribution is -0.142. The van der Waals surface area contributed by atoms with Crippen molar-refractivity contribution in [2.75, 3.05) is 6.16 Å². The zero-order chi connectivity index (χ0) is 19.3. The fourth-order valence-corrected chi connectivity index (χ4v) is 3.28. The van der Waals surface area contributed by atoms with Crippen LogP contribution in [0.1, 0.15) is 18.4 Å². The van der Waals surface area contributed by atoms with E-state index in [0.29, 0.717) is 12.0 Å². The van der Waals surface area contributed by atoms with E-state index in [1.54, 1.807) is 0 Å². The van der Waals surface area contributed by atoms with Gasteiger partial charge in [-0.25, -0.2) is 14.8 Å². The summed E-state index contributed by atoms with van der Waals surface area (Å²) in [6.07, 6.45) is -6.02. The summed E-state index contributed by atoms with van der Waals surface area (Å²) >= 11 is 0. The van der Waals surface area contributed by atoms with Crippen LogP contribution >= 0.6 is 7.72 Å². The molecule has 1 aromatic rings. The number of carboxylic acids is 2. The topological polar surface area (TPSA) is 127 Å². The monoisotopic (exact) mass is 382 g/mol. The van der Waals surface area contributed by atoms with Crippen LogP contribution in [-0.2, 0) is 15.8 Å². The van der Waals surface area contributed by atoms with Crippen molar-refractivity contribution in [2.24, 2.45) is 10.9 Å². The van der Waals surface area contributed by atoms with Crippen LogP contribution < -0.4 is 0 Å². The van der Waals surface area contributed by atoms with E-state index in [4.69, 9.17) is 10.2 Å².